The molecule has 1 aromatic rings. The molecule has 0 radical (unpaired) electrons. The quantitative estimate of drug-likeness (QED) is 0.901. The summed E-state index contributed by atoms with van der Waals surface area (Å²) in [6.07, 6.45) is 4.38. The maximum Gasteiger partial charge on any atom is 0.287 e. The first kappa shape index (κ1) is 13.6. The number of rotatable bonds is 3. The van der Waals surface area contributed by atoms with E-state index in [0.29, 0.717) is 22.9 Å². The Labute approximate surface area is 115 Å². The van der Waals surface area contributed by atoms with Gasteiger partial charge in [-0.05, 0) is 46.8 Å². The topological polar surface area (TPSA) is 68.3 Å². The summed E-state index contributed by atoms with van der Waals surface area (Å²) in [5.74, 6) is 0.547. The van der Waals surface area contributed by atoms with E-state index in [0.717, 1.165) is 19.3 Å². The molecule has 1 amide bonds. The largest absolute Gasteiger partial charge is 0.444 e. The SMILES string of the molecule is CC1CCCCC1(CN)NC(=O)c1ccc(Br)o1. The van der Waals surface area contributed by atoms with Gasteiger partial charge in [0.25, 0.3) is 5.91 Å². The minimum Gasteiger partial charge on any atom is -0.444 e. The Balaban J connectivity index is 2.12. The van der Waals surface area contributed by atoms with Crippen LogP contribution in [0.2, 0.25) is 0 Å². The summed E-state index contributed by atoms with van der Waals surface area (Å²) in [6, 6.07) is 3.38. The number of carbonyl (C=O) groups is 1. The van der Waals surface area contributed by atoms with E-state index in [9.17, 15) is 4.79 Å². The highest BCUT2D eigenvalue weighted by Crippen LogP contribution is 2.33. The number of hydrogen-bond donors (Lipinski definition) is 2. The van der Waals surface area contributed by atoms with Crippen LogP contribution >= 0.6 is 15.9 Å². The third kappa shape index (κ3) is 2.62. The Morgan fingerprint density at radius 3 is 2.94 bits per heavy atom. The van der Waals surface area contributed by atoms with Crippen LogP contribution < -0.4 is 11.1 Å². The van der Waals surface area contributed by atoms with Gasteiger partial charge >= 0.3 is 0 Å². The summed E-state index contributed by atoms with van der Waals surface area (Å²) in [5, 5.41) is 3.08. The van der Waals surface area contributed by atoms with E-state index >= 15 is 0 Å². The van der Waals surface area contributed by atoms with Crippen LogP contribution in [0.1, 0.15) is 43.2 Å². The van der Waals surface area contributed by atoms with Crippen molar-refractivity contribution in [3.63, 3.8) is 0 Å². The first-order valence-corrected chi connectivity index (χ1v) is 7.14. The third-order valence-electron chi connectivity index (χ3n) is 3.98. The molecule has 0 bridgehead atoms. The summed E-state index contributed by atoms with van der Waals surface area (Å²) in [4.78, 5) is 12.2. The molecule has 0 aromatic carbocycles. The molecule has 2 unspecified atom stereocenters. The van der Waals surface area contributed by atoms with Gasteiger partial charge in [0.15, 0.2) is 10.4 Å². The fourth-order valence-corrected chi connectivity index (χ4v) is 2.98. The van der Waals surface area contributed by atoms with Crippen molar-refractivity contribution < 1.29 is 9.21 Å². The fourth-order valence-electron chi connectivity index (χ4n) is 2.68. The van der Waals surface area contributed by atoms with E-state index in [1.807, 2.05) is 0 Å². The van der Waals surface area contributed by atoms with Gasteiger partial charge in [0.1, 0.15) is 0 Å². The second-order valence-corrected chi connectivity index (χ2v) is 5.85. The highest BCUT2D eigenvalue weighted by Gasteiger charge is 2.38. The Kier molecular flexibility index (Phi) is 4.12. The van der Waals surface area contributed by atoms with Crippen molar-refractivity contribution in [2.75, 3.05) is 6.54 Å². The van der Waals surface area contributed by atoms with E-state index in [1.165, 1.54) is 6.42 Å². The minimum absolute atomic E-state index is 0.181. The molecule has 1 heterocycles. The molecule has 0 spiro atoms. The highest BCUT2D eigenvalue weighted by atomic mass is 79.9. The third-order valence-corrected chi connectivity index (χ3v) is 4.40. The van der Waals surface area contributed by atoms with Crippen LogP contribution in [0.25, 0.3) is 0 Å². The molecule has 4 nitrogen and oxygen atoms in total. The molecule has 5 heteroatoms. The van der Waals surface area contributed by atoms with E-state index in [2.05, 4.69) is 28.2 Å². The zero-order valence-corrected chi connectivity index (χ0v) is 12.1. The molecule has 18 heavy (non-hydrogen) atoms. The van der Waals surface area contributed by atoms with E-state index in [1.54, 1.807) is 12.1 Å². The molecule has 0 aliphatic heterocycles. The van der Waals surface area contributed by atoms with Crippen LogP contribution in [0.15, 0.2) is 21.2 Å². The second-order valence-electron chi connectivity index (χ2n) is 5.06. The van der Waals surface area contributed by atoms with Crippen LogP contribution in [-0.2, 0) is 0 Å². The van der Waals surface area contributed by atoms with Crippen molar-refractivity contribution in [2.45, 2.75) is 38.1 Å². The Hall–Kier alpha value is -0.810. The van der Waals surface area contributed by atoms with Crippen molar-refractivity contribution >= 4 is 21.8 Å². The predicted octanol–water partition coefficient (Wildman–Crippen LogP) is 2.68. The van der Waals surface area contributed by atoms with E-state index < -0.39 is 0 Å². The Bertz CT molecular complexity index is 432. The lowest BCUT2D eigenvalue weighted by Gasteiger charge is -2.42. The number of halogens is 1. The summed E-state index contributed by atoms with van der Waals surface area (Å²) in [7, 11) is 0. The average molecular weight is 315 g/mol. The van der Waals surface area contributed by atoms with Crippen LogP contribution in [-0.4, -0.2) is 18.0 Å². The number of hydrogen-bond acceptors (Lipinski definition) is 3. The van der Waals surface area contributed by atoms with Gasteiger partial charge in [0, 0.05) is 6.54 Å². The van der Waals surface area contributed by atoms with Gasteiger partial charge in [-0.25, -0.2) is 0 Å². The molecule has 1 fully saturated rings. The lowest BCUT2D eigenvalue weighted by atomic mass is 9.73. The first-order chi connectivity index (χ1) is 8.57. The predicted molar refractivity (Wildman–Crippen MR) is 73.3 cm³/mol. The lowest BCUT2D eigenvalue weighted by molar-refractivity contribution is 0.0783. The van der Waals surface area contributed by atoms with Crippen molar-refractivity contribution in [1.82, 2.24) is 5.32 Å². The Morgan fingerprint density at radius 2 is 2.39 bits per heavy atom. The summed E-state index contributed by atoms with van der Waals surface area (Å²) in [5.41, 5.74) is 5.62. The molecule has 2 rings (SSSR count). The smallest absolute Gasteiger partial charge is 0.287 e. The summed E-state index contributed by atoms with van der Waals surface area (Å²) in [6.45, 7) is 2.63. The van der Waals surface area contributed by atoms with Crippen molar-refractivity contribution in [3.8, 4) is 0 Å². The first-order valence-electron chi connectivity index (χ1n) is 6.35. The summed E-state index contributed by atoms with van der Waals surface area (Å²) >= 11 is 3.20. The lowest BCUT2D eigenvalue weighted by Crippen LogP contribution is -2.59. The van der Waals surface area contributed by atoms with Gasteiger partial charge < -0.3 is 15.5 Å². The molecule has 1 aliphatic carbocycles. The molecule has 0 saturated heterocycles. The molecular weight excluding hydrogens is 296 g/mol. The zero-order valence-electron chi connectivity index (χ0n) is 10.5. The fraction of sp³-hybridized carbons (Fsp3) is 0.615. The maximum atomic E-state index is 12.2. The van der Waals surface area contributed by atoms with E-state index in [-0.39, 0.29) is 11.4 Å². The van der Waals surface area contributed by atoms with Gasteiger partial charge in [-0.3, -0.25) is 4.79 Å². The minimum atomic E-state index is -0.283. The maximum absolute atomic E-state index is 12.2. The summed E-state index contributed by atoms with van der Waals surface area (Å²) < 4.78 is 5.84. The van der Waals surface area contributed by atoms with Crippen molar-refractivity contribution in [2.24, 2.45) is 11.7 Å². The molecule has 3 N–H and O–H groups in total. The highest BCUT2D eigenvalue weighted by molar-refractivity contribution is 9.10. The molecule has 100 valence electrons. The monoisotopic (exact) mass is 314 g/mol. The average Bonchev–Trinajstić information content (AvgIpc) is 2.79. The molecule has 2 atom stereocenters. The number of carbonyl (C=O) groups excluding carboxylic acids is 1. The van der Waals surface area contributed by atoms with Crippen LogP contribution in [0.5, 0.6) is 0 Å². The van der Waals surface area contributed by atoms with Crippen molar-refractivity contribution in [3.05, 3.63) is 22.6 Å². The van der Waals surface area contributed by atoms with Crippen LogP contribution in [0.3, 0.4) is 0 Å². The molecular formula is C13H19BrN2O2. The number of nitrogens with two attached hydrogens (primary N) is 1. The molecule has 1 aliphatic rings. The number of nitrogens with one attached hydrogen (secondary N) is 1. The molecule has 1 aromatic heterocycles. The number of furan rings is 1. The number of amides is 1. The normalized spacial score (nSPS) is 28.1. The van der Waals surface area contributed by atoms with Gasteiger partial charge in [-0.1, -0.05) is 19.8 Å². The van der Waals surface area contributed by atoms with Crippen LogP contribution in [0, 0.1) is 5.92 Å². The van der Waals surface area contributed by atoms with Gasteiger partial charge in [0.2, 0.25) is 0 Å². The second kappa shape index (κ2) is 5.45. The Morgan fingerprint density at radius 1 is 1.61 bits per heavy atom. The van der Waals surface area contributed by atoms with Crippen LogP contribution in [0.4, 0.5) is 0 Å². The zero-order chi connectivity index (χ0) is 13.2. The van der Waals surface area contributed by atoms with Crippen molar-refractivity contribution in [1.29, 1.82) is 0 Å². The van der Waals surface area contributed by atoms with Gasteiger partial charge in [-0.2, -0.15) is 0 Å². The van der Waals surface area contributed by atoms with Gasteiger partial charge in [0.05, 0.1) is 5.54 Å². The van der Waals surface area contributed by atoms with Gasteiger partial charge in [-0.15, -0.1) is 0 Å². The molecule has 1 saturated carbocycles. The van der Waals surface area contributed by atoms with E-state index in [4.69, 9.17) is 10.2 Å². The standard InChI is InChI=1S/C13H19BrN2O2/c1-9-4-2-3-7-13(9,8-15)16-12(17)10-5-6-11(14)18-10/h5-6,9H,2-4,7-8,15H2,1H3,(H,16,17).